The first-order valence-corrected chi connectivity index (χ1v) is 8.88. The summed E-state index contributed by atoms with van der Waals surface area (Å²) in [7, 11) is 0. The molecule has 0 aromatic carbocycles. The van der Waals surface area contributed by atoms with E-state index in [4.69, 9.17) is 0 Å². The summed E-state index contributed by atoms with van der Waals surface area (Å²) in [4.78, 5) is 28.7. The molecule has 1 aromatic rings. The number of rotatable bonds is 4. The number of aryl methyl sites for hydroxylation is 2. The average molecular weight is 333 g/mol. The first-order valence-electron chi connectivity index (χ1n) is 8.88. The Morgan fingerprint density at radius 1 is 1.29 bits per heavy atom. The van der Waals surface area contributed by atoms with E-state index in [0.717, 1.165) is 62.4 Å². The van der Waals surface area contributed by atoms with Crippen LogP contribution in [0.4, 0.5) is 5.69 Å². The van der Waals surface area contributed by atoms with Gasteiger partial charge < -0.3 is 10.2 Å². The molecule has 2 N–H and O–H groups in total. The van der Waals surface area contributed by atoms with Crippen LogP contribution in [-0.4, -0.2) is 64.0 Å². The predicted octanol–water partition coefficient (Wildman–Crippen LogP) is 1.44. The van der Waals surface area contributed by atoms with E-state index in [1.807, 2.05) is 18.7 Å². The molecule has 3 rings (SSSR count). The fourth-order valence-corrected chi connectivity index (χ4v) is 3.76. The molecule has 1 atom stereocenters. The van der Waals surface area contributed by atoms with Gasteiger partial charge in [0.2, 0.25) is 11.8 Å². The largest absolute Gasteiger partial charge is 0.338 e. The van der Waals surface area contributed by atoms with Crippen molar-refractivity contribution in [2.75, 3.05) is 31.5 Å². The molecule has 2 fully saturated rings. The summed E-state index contributed by atoms with van der Waals surface area (Å²) in [6.45, 7) is 6.71. The van der Waals surface area contributed by atoms with E-state index in [9.17, 15) is 9.59 Å². The van der Waals surface area contributed by atoms with Crippen molar-refractivity contribution in [2.45, 2.75) is 52.0 Å². The molecule has 0 bridgehead atoms. The number of hydrogen-bond acceptors (Lipinski definition) is 4. The maximum atomic E-state index is 12.4. The predicted molar refractivity (Wildman–Crippen MR) is 91.7 cm³/mol. The number of likely N-dealkylation sites (tertiary alicyclic amines) is 2. The second-order valence-corrected chi connectivity index (χ2v) is 6.93. The van der Waals surface area contributed by atoms with Gasteiger partial charge >= 0.3 is 0 Å². The zero-order chi connectivity index (χ0) is 17.1. The third-order valence-corrected chi connectivity index (χ3v) is 5.04. The lowest BCUT2D eigenvalue weighted by molar-refractivity contribution is -0.137. The van der Waals surface area contributed by atoms with Gasteiger partial charge in [-0.05, 0) is 46.1 Å². The molecule has 0 spiro atoms. The molecule has 0 radical (unpaired) electrons. The number of piperidine rings is 2. The number of carbonyl (C=O) groups excluding carboxylic acids is 2. The van der Waals surface area contributed by atoms with Crippen LogP contribution in [0.1, 0.15) is 43.5 Å². The van der Waals surface area contributed by atoms with E-state index >= 15 is 0 Å². The number of anilines is 1. The number of H-pyrrole nitrogens is 1. The van der Waals surface area contributed by atoms with Crippen LogP contribution in [0.15, 0.2) is 0 Å². The third kappa shape index (κ3) is 3.77. The number of nitrogens with one attached hydrogen (secondary N) is 2. The van der Waals surface area contributed by atoms with Gasteiger partial charge in [-0.15, -0.1) is 0 Å². The molecule has 1 aromatic heterocycles. The maximum absolute atomic E-state index is 12.4. The lowest BCUT2D eigenvalue weighted by Gasteiger charge is -2.40. The van der Waals surface area contributed by atoms with Crippen LogP contribution in [0.2, 0.25) is 0 Å². The van der Waals surface area contributed by atoms with Crippen molar-refractivity contribution in [3.63, 3.8) is 0 Å². The van der Waals surface area contributed by atoms with E-state index < -0.39 is 0 Å². The molecule has 7 nitrogen and oxygen atoms in total. The minimum absolute atomic E-state index is 0.0202. The van der Waals surface area contributed by atoms with E-state index in [-0.39, 0.29) is 17.9 Å². The number of amides is 2. The Balaban J connectivity index is 1.55. The molecular formula is C17H27N5O2. The lowest BCUT2D eigenvalue weighted by atomic mass is 10.0. The summed E-state index contributed by atoms with van der Waals surface area (Å²) in [5.74, 6) is 0.260. The van der Waals surface area contributed by atoms with Crippen molar-refractivity contribution < 1.29 is 9.59 Å². The summed E-state index contributed by atoms with van der Waals surface area (Å²) >= 11 is 0. The summed E-state index contributed by atoms with van der Waals surface area (Å²) in [6, 6.07) is 0.261. The quantitative estimate of drug-likeness (QED) is 0.874. The molecule has 3 heterocycles. The summed E-state index contributed by atoms with van der Waals surface area (Å²) in [6.07, 6.45) is 4.87. The molecule has 2 aliphatic heterocycles. The Morgan fingerprint density at radius 3 is 2.83 bits per heavy atom. The van der Waals surface area contributed by atoms with E-state index in [1.54, 1.807) is 0 Å². The van der Waals surface area contributed by atoms with Gasteiger partial charge in [-0.1, -0.05) is 0 Å². The molecule has 7 heteroatoms. The molecule has 0 aliphatic carbocycles. The third-order valence-electron chi connectivity index (χ3n) is 5.04. The van der Waals surface area contributed by atoms with Crippen molar-refractivity contribution in [1.82, 2.24) is 20.0 Å². The van der Waals surface area contributed by atoms with Gasteiger partial charge in [0, 0.05) is 25.6 Å². The highest BCUT2D eigenvalue weighted by Crippen LogP contribution is 2.21. The van der Waals surface area contributed by atoms with Crippen LogP contribution in [0.25, 0.3) is 0 Å². The van der Waals surface area contributed by atoms with Gasteiger partial charge in [-0.2, -0.15) is 5.10 Å². The fraction of sp³-hybridized carbons (Fsp3) is 0.706. The average Bonchev–Trinajstić information content (AvgIpc) is 2.87. The van der Waals surface area contributed by atoms with Gasteiger partial charge in [0.05, 0.1) is 23.6 Å². The van der Waals surface area contributed by atoms with Crippen molar-refractivity contribution >= 4 is 17.5 Å². The Labute approximate surface area is 142 Å². The Morgan fingerprint density at radius 2 is 2.12 bits per heavy atom. The van der Waals surface area contributed by atoms with E-state index in [0.29, 0.717) is 13.0 Å². The van der Waals surface area contributed by atoms with Crippen LogP contribution < -0.4 is 5.32 Å². The highest BCUT2D eigenvalue weighted by atomic mass is 16.2. The standard InChI is InChI=1S/C17H27N5O2/c1-12-17(13(2)20-19-12)18-15(23)11-21-8-5-6-14(10-21)22-9-4-3-7-16(22)24/h14H,3-11H2,1-2H3,(H,18,23)(H,19,20). The highest BCUT2D eigenvalue weighted by Gasteiger charge is 2.30. The van der Waals surface area contributed by atoms with Crippen LogP contribution >= 0.6 is 0 Å². The Kier molecular flexibility index (Phi) is 5.18. The van der Waals surface area contributed by atoms with E-state index in [1.165, 1.54) is 0 Å². The smallest absolute Gasteiger partial charge is 0.238 e. The van der Waals surface area contributed by atoms with Crippen LogP contribution in [0.3, 0.4) is 0 Å². The topological polar surface area (TPSA) is 81.3 Å². The maximum Gasteiger partial charge on any atom is 0.238 e. The molecule has 2 saturated heterocycles. The fourth-order valence-electron chi connectivity index (χ4n) is 3.76. The minimum atomic E-state index is -0.0202. The molecule has 132 valence electrons. The number of hydrogen-bond donors (Lipinski definition) is 2. The lowest BCUT2D eigenvalue weighted by Crippen LogP contribution is -2.52. The first kappa shape index (κ1) is 17.0. The van der Waals surface area contributed by atoms with Crippen molar-refractivity contribution in [1.29, 1.82) is 0 Å². The number of carbonyl (C=O) groups is 2. The summed E-state index contributed by atoms with van der Waals surface area (Å²) < 4.78 is 0. The van der Waals surface area contributed by atoms with Gasteiger partial charge in [0.25, 0.3) is 0 Å². The van der Waals surface area contributed by atoms with Crippen molar-refractivity contribution in [2.24, 2.45) is 0 Å². The Hall–Kier alpha value is -1.89. The van der Waals surface area contributed by atoms with Crippen molar-refractivity contribution in [3.8, 4) is 0 Å². The number of nitrogens with zero attached hydrogens (tertiary/aromatic N) is 3. The summed E-state index contributed by atoms with van der Waals surface area (Å²) in [5.41, 5.74) is 2.45. The second-order valence-electron chi connectivity index (χ2n) is 6.93. The molecule has 1 unspecified atom stereocenters. The van der Waals surface area contributed by atoms with Crippen molar-refractivity contribution in [3.05, 3.63) is 11.4 Å². The van der Waals surface area contributed by atoms with Crippen LogP contribution in [0.5, 0.6) is 0 Å². The zero-order valence-electron chi connectivity index (χ0n) is 14.6. The second kappa shape index (κ2) is 7.34. The first-order chi connectivity index (χ1) is 11.5. The summed E-state index contributed by atoms with van der Waals surface area (Å²) in [5, 5.41) is 9.93. The van der Waals surface area contributed by atoms with Crippen LogP contribution in [-0.2, 0) is 9.59 Å². The van der Waals surface area contributed by atoms with Gasteiger partial charge in [-0.3, -0.25) is 19.6 Å². The molecule has 2 amide bonds. The highest BCUT2D eigenvalue weighted by molar-refractivity contribution is 5.93. The normalized spacial score (nSPS) is 22.7. The molecule has 2 aliphatic rings. The van der Waals surface area contributed by atoms with Crippen LogP contribution in [0, 0.1) is 13.8 Å². The zero-order valence-corrected chi connectivity index (χ0v) is 14.6. The SMILES string of the molecule is Cc1n[nH]c(C)c1NC(=O)CN1CCCC(N2CCCCC2=O)C1. The van der Waals surface area contributed by atoms with Gasteiger partial charge in [0.1, 0.15) is 0 Å². The molecule has 0 saturated carbocycles. The Bertz CT molecular complexity index is 593. The number of aromatic amines is 1. The molecular weight excluding hydrogens is 306 g/mol. The number of aromatic nitrogens is 2. The van der Waals surface area contributed by atoms with Gasteiger partial charge in [0.15, 0.2) is 0 Å². The van der Waals surface area contributed by atoms with Gasteiger partial charge in [-0.25, -0.2) is 0 Å². The monoisotopic (exact) mass is 333 g/mol. The van der Waals surface area contributed by atoms with E-state index in [2.05, 4.69) is 20.4 Å². The molecule has 24 heavy (non-hydrogen) atoms. The minimum Gasteiger partial charge on any atom is -0.338 e.